The second kappa shape index (κ2) is 5.67. The van der Waals surface area contributed by atoms with E-state index < -0.39 is 25.2 Å². The van der Waals surface area contributed by atoms with E-state index in [1.165, 1.54) is 0 Å². The molecule has 0 radical (unpaired) electrons. The molecule has 1 aromatic rings. The molecule has 1 aromatic heterocycles. The highest BCUT2D eigenvalue weighted by molar-refractivity contribution is 5.77. The fourth-order valence-electron chi connectivity index (χ4n) is 1.07. The number of aromatic nitrogens is 1. The number of aryl methyl sites for hydroxylation is 1. The fourth-order valence-corrected chi connectivity index (χ4v) is 1.07. The number of hydrogen-bond donors (Lipinski definition) is 2. The van der Waals surface area contributed by atoms with E-state index in [0.29, 0.717) is 11.5 Å². The molecule has 96 valence electrons. The van der Waals surface area contributed by atoms with Gasteiger partial charge in [0, 0.05) is 6.07 Å². The average Bonchev–Trinajstić information content (AvgIpc) is 2.59. The van der Waals surface area contributed by atoms with Gasteiger partial charge in [0.25, 0.3) is 0 Å². The minimum absolute atomic E-state index is 0.105. The lowest BCUT2D eigenvalue weighted by Crippen LogP contribution is -2.37. The molecule has 0 aromatic carbocycles. The van der Waals surface area contributed by atoms with Crippen LogP contribution in [0.2, 0.25) is 0 Å². The van der Waals surface area contributed by atoms with Crippen molar-refractivity contribution in [3.63, 3.8) is 0 Å². The first-order chi connectivity index (χ1) is 7.87. The Labute approximate surface area is 95.3 Å². The summed E-state index contributed by atoms with van der Waals surface area (Å²) < 4.78 is 40.0. The third-order valence-electron chi connectivity index (χ3n) is 1.75. The predicted octanol–water partition coefficient (Wildman–Crippen LogP) is 0.751. The summed E-state index contributed by atoms with van der Waals surface area (Å²) in [5.41, 5.74) is 0.671. The van der Waals surface area contributed by atoms with E-state index in [1.54, 1.807) is 13.0 Å². The van der Waals surface area contributed by atoms with Gasteiger partial charge in [-0.2, -0.15) is 13.2 Å². The molecule has 0 unspecified atom stereocenters. The predicted molar refractivity (Wildman–Crippen MR) is 52.0 cm³/mol. The SMILES string of the molecule is Cc1cc(CNC(=O)CNCC(F)(F)F)on1. The average molecular weight is 251 g/mol. The first kappa shape index (κ1) is 13.5. The minimum atomic E-state index is -4.32. The van der Waals surface area contributed by atoms with Crippen molar-refractivity contribution in [3.8, 4) is 0 Å². The summed E-state index contributed by atoms with van der Waals surface area (Å²) in [5.74, 6) is -0.0880. The van der Waals surface area contributed by atoms with Crippen molar-refractivity contribution in [1.29, 1.82) is 0 Å². The van der Waals surface area contributed by atoms with Gasteiger partial charge in [-0.15, -0.1) is 0 Å². The van der Waals surface area contributed by atoms with Crippen LogP contribution in [-0.4, -0.2) is 30.3 Å². The zero-order valence-electron chi connectivity index (χ0n) is 9.10. The van der Waals surface area contributed by atoms with E-state index in [1.807, 2.05) is 5.32 Å². The molecule has 17 heavy (non-hydrogen) atoms. The number of alkyl halides is 3. The molecule has 0 spiro atoms. The van der Waals surface area contributed by atoms with Crippen LogP contribution in [-0.2, 0) is 11.3 Å². The largest absolute Gasteiger partial charge is 0.401 e. The number of rotatable bonds is 5. The van der Waals surface area contributed by atoms with Gasteiger partial charge in [0.1, 0.15) is 0 Å². The molecule has 0 saturated heterocycles. The first-order valence-corrected chi connectivity index (χ1v) is 4.83. The van der Waals surface area contributed by atoms with Crippen LogP contribution in [0.15, 0.2) is 10.6 Å². The van der Waals surface area contributed by atoms with Gasteiger partial charge in [-0.25, -0.2) is 0 Å². The smallest absolute Gasteiger partial charge is 0.359 e. The van der Waals surface area contributed by atoms with Crippen LogP contribution in [0.4, 0.5) is 13.2 Å². The van der Waals surface area contributed by atoms with Crippen molar-refractivity contribution in [3.05, 3.63) is 17.5 Å². The van der Waals surface area contributed by atoms with E-state index in [0.717, 1.165) is 0 Å². The maximum atomic E-state index is 11.7. The highest BCUT2D eigenvalue weighted by atomic mass is 19.4. The van der Waals surface area contributed by atoms with E-state index in [9.17, 15) is 18.0 Å². The van der Waals surface area contributed by atoms with Crippen LogP contribution in [0.1, 0.15) is 11.5 Å². The van der Waals surface area contributed by atoms with E-state index in [4.69, 9.17) is 4.52 Å². The normalized spacial score (nSPS) is 11.5. The lowest BCUT2D eigenvalue weighted by Gasteiger charge is -2.07. The van der Waals surface area contributed by atoms with Crippen molar-refractivity contribution in [1.82, 2.24) is 15.8 Å². The number of nitrogens with zero attached hydrogens (tertiary/aromatic N) is 1. The molecule has 2 N–H and O–H groups in total. The van der Waals surface area contributed by atoms with Crippen molar-refractivity contribution in [2.24, 2.45) is 0 Å². The maximum Gasteiger partial charge on any atom is 0.401 e. The summed E-state index contributed by atoms with van der Waals surface area (Å²) in [6.45, 7) is 0.238. The van der Waals surface area contributed by atoms with E-state index in [-0.39, 0.29) is 6.54 Å². The van der Waals surface area contributed by atoms with E-state index >= 15 is 0 Å². The van der Waals surface area contributed by atoms with Crippen LogP contribution in [0, 0.1) is 6.92 Å². The highest BCUT2D eigenvalue weighted by Gasteiger charge is 2.26. The number of carbonyl (C=O) groups is 1. The highest BCUT2D eigenvalue weighted by Crippen LogP contribution is 2.11. The van der Waals surface area contributed by atoms with Crippen molar-refractivity contribution in [2.45, 2.75) is 19.6 Å². The molecule has 0 aliphatic carbocycles. The number of amides is 1. The molecule has 8 heteroatoms. The molecule has 0 aliphatic rings. The topological polar surface area (TPSA) is 67.2 Å². The summed E-state index contributed by atoms with van der Waals surface area (Å²) in [4.78, 5) is 11.1. The molecule has 0 aliphatic heterocycles. The third-order valence-corrected chi connectivity index (χ3v) is 1.75. The Bertz CT molecular complexity index is 376. The van der Waals surface area contributed by atoms with Gasteiger partial charge < -0.3 is 15.2 Å². The quantitative estimate of drug-likeness (QED) is 0.810. The summed E-state index contributed by atoms with van der Waals surface area (Å²) in [5, 5.41) is 7.98. The standard InChI is InChI=1S/C9H12F3N3O2/c1-6-2-7(17-15-6)3-14-8(16)4-13-5-9(10,11)12/h2,13H,3-5H2,1H3,(H,14,16). The molecular weight excluding hydrogens is 239 g/mol. The maximum absolute atomic E-state index is 11.7. The van der Waals surface area contributed by atoms with Crippen LogP contribution in [0.25, 0.3) is 0 Å². The summed E-state index contributed by atoms with van der Waals surface area (Å²) in [7, 11) is 0. The molecule has 0 atom stereocenters. The molecule has 1 heterocycles. The molecule has 1 rings (SSSR count). The third kappa shape index (κ3) is 5.91. The lowest BCUT2D eigenvalue weighted by atomic mass is 10.4. The van der Waals surface area contributed by atoms with Gasteiger partial charge in [0.15, 0.2) is 5.76 Å². The number of halogens is 3. The zero-order valence-corrected chi connectivity index (χ0v) is 9.10. The second-order valence-electron chi connectivity index (χ2n) is 3.43. The Morgan fingerprint density at radius 2 is 2.24 bits per heavy atom. The summed E-state index contributed by atoms with van der Waals surface area (Å²) in [6, 6.07) is 1.63. The lowest BCUT2D eigenvalue weighted by molar-refractivity contribution is -0.128. The van der Waals surface area contributed by atoms with Gasteiger partial charge in [0.2, 0.25) is 5.91 Å². The van der Waals surface area contributed by atoms with Crippen molar-refractivity contribution in [2.75, 3.05) is 13.1 Å². The Hall–Kier alpha value is -1.57. The molecule has 0 bridgehead atoms. The first-order valence-electron chi connectivity index (χ1n) is 4.83. The molecule has 5 nitrogen and oxygen atoms in total. The molecular formula is C9H12F3N3O2. The van der Waals surface area contributed by atoms with Crippen LogP contribution in [0.5, 0.6) is 0 Å². The van der Waals surface area contributed by atoms with Gasteiger partial charge in [-0.05, 0) is 6.92 Å². The van der Waals surface area contributed by atoms with Gasteiger partial charge in [-0.3, -0.25) is 4.79 Å². The fraction of sp³-hybridized carbons (Fsp3) is 0.556. The zero-order chi connectivity index (χ0) is 12.9. The molecule has 1 amide bonds. The molecule has 0 saturated carbocycles. The van der Waals surface area contributed by atoms with Crippen molar-refractivity contribution < 1.29 is 22.5 Å². The molecule has 0 fully saturated rings. The van der Waals surface area contributed by atoms with Crippen molar-refractivity contribution >= 4 is 5.91 Å². The van der Waals surface area contributed by atoms with Gasteiger partial charge >= 0.3 is 6.18 Å². The Morgan fingerprint density at radius 3 is 2.76 bits per heavy atom. The van der Waals surface area contributed by atoms with Gasteiger partial charge in [-0.1, -0.05) is 5.16 Å². The minimum Gasteiger partial charge on any atom is -0.359 e. The van der Waals surface area contributed by atoms with Crippen LogP contribution >= 0.6 is 0 Å². The van der Waals surface area contributed by atoms with E-state index in [2.05, 4.69) is 10.5 Å². The Balaban J connectivity index is 2.18. The number of carbonyl (C=O) groups excluding carboxylic acids is 1. The Kier molecular flexibility index (Phi) is 4.50. The number of nitrogens with one attached hydrogen (secondary N) is 2. The van der Waals surface area contributed by atoms with Crippen LogP contribution in [0.3, 0.4) is 0 Å². The second-order valence-corrected chi connectivity index (χ2v) is 3.43. The monoisotopic (exact) mass is 251 g/mol. The van der Waals surface area contributed by atoms with Crippen LogP contribution < -0.4 is 10.6 Å². The van der Waals surface area contributed by atoms with Gasteiger partial charge in [0.05, 0.1) is 25.3 Å². The summed E-state index contributed by atoms with van der Waals surface area (Å²) in [6.07, 6.45) is -4.32. The Morgan fingerprint density at radius 1 is 1.53 bits per heavy atom. The number of hydrogen-bond acceptors (Lipinski definition) is 4. The summed E-state index contributed by atoms with van der Waals surface area (Å²) >= 11 is 0.